The van der Waals surface area contributed by atoms with Crippen molar-refractivity contribution in [1.29, 1.82) is 0 Å². The summed E-state index contributed by atoms with van der Waals surface area (Å²) in [5, 5.41) is 2.84. The molecule has 1 unspecified atom stereocenters. The monoisotopic (exact) mass is 868 g/mol. The summed E-state index contributed by atoms with van der Waals surface area (Å²) < 4.78 is 6.17. The summed E-state index contributed by atoms with van der Waals surface area (Å²) in [7, 11) is 0. The number of aromatic nitrogens is 2. The van der Waals surface area contributed by atoms with Gasteiger partial charge in [-0.05, 0) is 123 Å². The lowest BCUT2D eigenvalue weighted by molar-refractivity contribution is -0.136. The third kappa shape index (κ3) is 8.63. The first kappa shape index (κ1) is 42.5. The molecule has 6 heterocycles. The fourth-order valence-corrected chi connectivity index (χ4v) is 10.5. The number of fused-ring (bicyclic) bond motifs is 1. The smallest absolute Gasteiger partial charge is 0.264 e. The van der Waals surface area contributed by atoms with Gasteiger partial charge in [0, 0.05) is 55.8 Å². The number of rotatable bonds is 10. The van der Waals surface area contributed by atoms with Gasteiger partial charge >= 0.3 is 0 Å². The lowest BCUT2D eigenvalue weighted by Gasteiger charge is -2.47. The molecule has 4 saturated heterocycles. The highest BCUT2D eigenvalue weighted by molar-refractivity contribution is 6.31. The van der Waals surface area contributed by atoms with E-state index in [0.29, 0.717) is 39.8 Å². The van der Waals surface area contributed by atoms with Crippen molar-refractivity contribution in [2.75, 3.05) is 55.6 Å². The van der Waals surface area contributed by atoms with Gasteiger partial charge in [-0.25, -0.2) is 14.8 Å². The van der Waals surface area contributed by atoms with Gasteiger partial charge in [0.1, 0.15) is 18.4 Å². The summed E-state index contributed by atoms with van der Waals surface area (Å²) in [4.78, 5) is 72.8. The fraction of sp³-hybridized carbons (Fsp3) is 0.449. The van der Waals surface area contributed by atoms with Crippen molar-refractivity contribution in [2.24, 2.45) is 11.3 Å². The molecule has 326 valence electrons. The minimum absolute atomic E-state index is 0.0998. The number of carbonyl (C=O) groups is 4. The van der Waals surface area contributed by atoms with E-state index in [1.54, 1.807) is 12.1 Å². The van der Waals surface area contributed by atoms with Crippen LogP contribution in [0.4, 0.5) is 17.3 Å². The van der Waals surface area contributed by atoms with Crippen LogP contribution in [0.1, 0.15) is 103 Å². The van der Waals surface area contributed by atoms with E-state index in [4.69, 9.17) is 27.9 Å². The third-order valence-corrected chi connectivity index (χ3v) is 14.6. The zero-order valence-electron chi connectivity index (χ0n) is 35.9. The average Bonchev–Trinajstić information content (AvgIpc) is 3.55. The first-order valence-electron chi connectivity index (χ1n) is 22.2. The topological polar surface area (TPSA) is 133 Å². The van der Waals surface area contributed by atoms with E-state index in [9.17, 15) is 19.2 Å². The maximum atomic E-state index is 13.7. The molecule has 4 amide bonds. The van der Waals surface area contributed by atoms with Crippen LogP contribution in [0.2, 0.25) is 5.02 Å². The van der Waals surface area contributed by atoms with Crippen LogP contribution in [0.25, 0.3) is 4.85 Å². The lowest BCUT2D eigenvalue weighted by Crippen LogP contribution is -2.54. The number of nitrogens with one attached hydrogen (secondary N) is 1. The summed E-state index contributed by atoms with van der Waals surface area (Å²) in [6.07, 6.45) is 8.73. The highest BCUT2D eigenvalue weighted by atomic mass is 35.5. The molecule has 1 atom stereocenters. The Labute approximate surface area is 373 Å². The molecule has 1 spiro atoms. The quantitative estimate of drug-likeness (QED) is 0.126. The molecule has 63 heavy (non-hydrogen) atoms. The van der Waals surface area contributed by atoms with Crippen LogP contribution in [-0.2, 0) is 21.6 Å². The Balaban J connectivity index is 0.726. The van der Waals surface area contributed by atoms with Crippen LogP contribution in [-0.4, -0.2) is 95.3 Å². The average molecular weight is 869 g/mol. The molecule has 3 aromatic carbocycles. The molecule has 0 bridgehead atoms. The fourth-order valence-electron chi connectivity index (χ4n) is 10.3. The Kier molecular flexibility index (Phi) is 11.7. The van der Waals surface area contributed by atoms with Crippen molar-refractivity contribution < 1.29 is 23.9 Å². The lowest BCUT2D eigenvalue weighted by atomic mass is 9.71. The zero-order chi connectivity index (χ0) is 43.9. The first-order chi connectivity index (χ1) is 30.4. The maximum Gasteiger partial charge on any atom is 0.264 e. The minimum atomic E-state index is -0.969. The second kappa shape index (κ2) is 17.4. The summed E-state index contributed by atoms with van der Waals surface area (Å²) in [5.41, 5.74) is 4.92. The van der Waals surface area contributed by atoms with Crippen LogP contribution in [0.5, 0.6) is 5.75 Å². The predicted octanol–water partition coefficient (Wildman–Crippen LogP) is 7.59. The molecule has 13 nitrogen and oxygen atoms in total. The highest BCUT2D eigenvalue weighted by Crippen LogP contribution is 2.43. The largest absolute Gasteiger partial charge is 0.487 e. The number of carbonyl (C=O) groups excluding carboxylic acids is 4. The Morgan fingerprint density at radius 2 is 1.59 bits per heavy atom. The number of piperidine rings is 4. The van der Waals surface area contributed by atoms with E-state index in [-0.39, 0.29) is 24.2 Å². The molecule has 4 aromatic rings. The Bertz CT molecular complexity index is 2460. The molecular formula is C49H53ClN8O5. The molecule has 0 saturated carbocycles. The number of likely N-dealkylation sites (tertiary alicyclic amines) is 1. The van der Waals surface area contributed by atoms with Crippen molar-refractivity contribution in [3.05, 3.63) is 117 Å². The van der Waals surface area contributed by atoms with Crippen molar-refractivity contribution in [3.63, 3.8) is 0 Å². The van der Waals surface area contributed by atoms with Gasteiger partial charge in [0.05, 0.1) is 29.1 Å². The standard InChI is InChI=1S/C49H53ClN8O5/c1-48(2,34-27-35(50)29-37(28-34)51-3)33-7-9-38(10-8-33)63-31-36-13-20-52-47(53-36)57-25-18-49(19-26-57)16-23-55(24-17-49)30-32-14-21-56(22-15-32)40-6-4-5-39-43(40)46(62)58(45(39)61)41-11-12-42(59)54-44(41)60/h4-10,13,20,27-29,32,41H,11-12,14-19,21-26,30-31H2,1-2H3,(H,54,59,60). The van der Waals surface area contributed by atoms with Gasteiger partial charge in [-0.3, -0.25) is 29.4 Å². The number of amides is 4. The highest BCUT2D eigenvalue weighted by Gasteiger charge is 2.46. The van der Waals surface area contributed by atoms with E-state index in [2.05, 4.69) is 55.8 Å². The van der Waals surface area contributed by atoms with E-state index < -0.39 is 23.8 Å². The SMILES string of the molecule is [C-]#[N+]c1cc(Cl)cc(C(C)(C)c2ccc(OCc3ccnc(N4CCC5(CCN(CC6CCN(c7cccc8c7C(=O)N(C7CCC(=O)NC7=O)C8=O)CC6)CC5)CC4)n3)cc2)c1. The number of hydrogen-bond acceptors (Lipinski definition) is 10. The summed E-state index contributed by atoms with van der Waals surface area (Å²) in [6, 6.07) is 19.9. The van der Waals surface area contributed by atoms with Gasteiger partial charge in [-0.2, -0.15) is 0 Å². The normalized spacial score (nSPS) is 20.8. The second-order valence-electron chi connectivity index (χ2n) is 18.5. The number of anilines is 2. The number of nitrogens with zero attached hydrogens (tertiary/aromatic N) is 7. The first-order valence-corrected chi connectivity index (χ1v) is 22.6. The maximum absolute atomic E-state index is 13.7. The number of ether oxygens (including phenoxy) is 1. The number of benzene rings is 3. The third-order valence-electron chi connectivity index (χ3n) is 14.3. The van der Waals surface area contributed by atoms with Gasteiger partial charge in [-0.15, -0.1) is 0 Å². The van der Waals surface area contributed by atoms with Gasteiger partial charge in [0.2, 0.25) is 17.8 Å². The van der Waals surface area contributed by atoms with E-state index >= 15 is 0 Å². The van der Waals surface area contributed by atoms with Crippen LogP contribution in [0, 0.1) is 17.9 Å². The molecule has 5 aliphatic rings. The van der Waals surface area contributed by atoms with Gasteiger partial charge in [-0.1, -0.05) is 49.7 Å². The zero-order valence-corrected chi connectivity index (χ0v) is 36.7. The van der Waals surface area contributed by atoms with Gasteiger partial charge < -0.3 is 19.4 Å². The molecule has 0 aliphatic carbocycles. The van der Waals surface area contributed by atoms with Gasteiger partial charge in [0.15, 0.2) is 5.69 Å². The minimum Gasteiger partial charge on any atom is -0.487 e. The number of hydrogen-bond donors (Lipinski definition) is 1. The summed E-state index contributed by atoms with van der Waals surface area (Å²) >= 11 is 6.32. The Hall–Kier alpha value is -5.84. The van der Waals surface area contributed by atoms with Gasteiger partial charge in [0.25, 0.3) is 11.8 Å². The molecule has 4 fully saturated rings. The Morgan fingerprint density at radius 1 is 0.857 bits per heavy atom. The molecule has 5 aliphatic heterocycles. The van der Waals surface area contributed by atoms with E-state index in [1.165, 1.54) is 12.8 Å². The summed E-state index contributed by atoms with van der Waals surface area (Å²) in [5.74, 6) is 0.190. The molecule has 9 rings (SSSR count). The van der Waals surface area contributed by atoms with E-state index in [1.807, 2.05) is 48.7 Å². The molecular weight excluding hydrogens is 816 g/mol. The molecule has 1 aromatic heterocycles. The van der Waals surface area contributed by atoms with Crippen molar-refractivity contribution >= 4 is 52.6 Å². The Morgan fingerprint density at radius 3 is 2.30 bits per heavy atom. The van der Waals surface area contributed by atoms with Crippen LogP contribution < -0.4 is 19.9 Å². The summed E-state index contributed by atoms with van der Waals surface area (Å²) in [6.45, 7) is 18.8. The molecule has 1 N–H and O–H groups in total. The van der Waals surface area contributed by atoms with Crippen LogP contribution in [0.3, 0.4) is 0 Å². The predicted molar refractivity (Wildman–Crippen MR) is 240 cm³/mol. The molecule has 14 heteroatoms. The van der Waals surface area contributed by atoms with Crippen molar-refractivity contribution in [1.82, 2.24) is 25.1 Å². The number of halogens is 1. The molecule has 0 radical (unpaired) electrons. The van der Waals surface area contributed by atoms with Crippen molar-refractivity contribution in [3.8, 4) is 5.75 Å². The van der Waals surface area contributed by atoms with Crippen LogP contribution >= 0.6 is 11.6 Å². The number of imide groups is 2. The van der Waals surface area contributed by atoms with E-state index in [0.717, 1.165) is 111 Å². The van der Waals surface area contributed by atoms with Crippen molar-refractivity contribution in [2.45, 2.75) is 83.3 Å². The van der Waals surface area contributed by atoms with Crippen LogP contribution in [0.15, 0.2) is 72.9 Å². The second-order valence-corrected chi connectivity index (χ2v) is 18.9.